The number of ether oxygens (including phenoxy) is 1. The average molecular weight is 278 g/mol. The molecule has 4 nitrogen and oxygen atoms in total. The summed E-state index contributed by atoms with van der Waals surface area (Å²) in [5.74, 6) is 5.76. The molecular formula is C14H18N2O2S. The molecule has 1 fully saturated rings. The molecule has 2 unspecified atom stereocenters. The molecule has 1 aromatic rings. The zero-order valence-electron chi connectivity index (χ0n) is 11.2. The predicted molar refractivity (Wildman–Crippen MR) is 76.2 cm³/mol. The monoisotopic (exact) mass is 278 g/mol. The minimum absolute atomic E-state index is 0.0272. The van der Waals surface area contributed by atoms with E-state index in [4.69, 9.17) is 10.5 Å². The number of hydrogen-bond donors (Lipinski definition) is 1. The van der Waals surface area contributed by atoms with Gasteiger partial charge in [0, 0.05) is 19.0 Å². The number of likely N-dealkylation sites (N-methyl/N-ethyl adjacent to an activating group) is 1. The summed E-state index contributed by atoms with van der Waals surface area (Å²) in [6, 6.07) is 1.98. The number of thiophene rings is 1. The van der Waals surface area contributed by atoms with Crippen LogP contribution in [0.4, 0.5) is 0 Å². The quantitative estimate of drug-likeness (QED) is 0.830. The van der Waals surface area contributed by atoms with Crippen LogP contribution in [0.3, 0.4) is 0 Å². The van der Waals surface area contributed by atoms with Crippen LogP contribution in [-0.2, 0) is 4.74 Å². The van der Waals surface area contributed by atoms with Crippen molar-refractivity contribution in [1.29, 1.82) is 0 Å². The molecule has 1 amide bonds. The zero-order valence-corrected chi connectivity index (χ0v) is 12.0. The lowest BCUT2D eigenvalue weighted by Gasteiger charge is -2.26. The molecule has 1 saturated heterocycles. The van der Waals surface area contributed by atoms with E-state index in [0.717, 1.165) is 17.9 Å². The van der Waals surface area contributed by atoms with Gasteiger partial charge in [-0.25, -0.2) is 0 Å². The van der Waals surface area contributed by atoms with Crippen molar-refractivity contribution in [1.82, 2.24) is 4.90 Å². The van der Waals surface area contributed by atoms with Gasteiger partial charge in [0.25, 0.3) is 5.91 Å². The Bertz CT molecular complexity index is 515. The molecule has 19 heavy (non-hydrogen) atoms. The van der Waals surface area contributed by atoms with Gasteiger partial charge in [-0.05, 0) is 19.4 Å². The topological polar surface area (TPSA) is 55.6 Å². The van der Waals surface area contributed by atoms with Crippen molar-refractivity contribution in [2.24, 2.45) is 5.73 Å². The summed E-state index contributed by atoms with van der Waals surface area (Å²) in [4.78, 5) is 15.0. The van der Waals surface area contributed by atoms with E-state index < -0.39 is 0 Å². The number of hydrogen-bond acceptors (Lipinski definition) is 4. The second kappa shape index (κ2) is 6.20. The highest BCUT2D eigenvalue weighted by molar-refractivity contribution is 7.10. The van der Waals surface area contributed by atoms with Gasteiger partial charge < -0.3 is 15.4 Å². The maximum atomic E-state index is 12.4. The number of nitrogens with two attached hydrogens (primary N) is 1. The number of amides is 1. The summed E-state index contributed by atoms with van der Waals surface area (Å²) in [6.07, 6.45) is 0.997. The molecule has 2 heterocycles. The molecule has 0 bridgehead atoms. The van der Waals surface area contributed by atoms with Crippen LogP contribution in [0.1, 0.15) is 28.6 Å². The maximum absolute atomic E-state index is 12.4. The molecule has 1 aliphatic rings. The van der Waals surface area contributed by atoms with Crippen LogP contribution in [0, 0.1) is 11.8 Å². The summed E-state index contributed by atoms with van der Waals surface area (Å²) in [6.45, 7) is 3.06. The summed E-state index contributed by atoms with van der Waals surface area (Å²) >= 11 is 1.47. The molecule has 102 valence electrons. The van der Waals surface area contributed by atoms with E-state index in [0.29, 0.717) is 12.1 Å². The predicted octanol–water partition coefficient (Wildman–Crippen LogP) is 1.31. The summed E-state index contributed by atoms with van der Waals surface area (Å²) < 4.78 is 5.50. The highest BCUT2D eigenvalue weighted by atomic mass is 32.1. The number of carbonyl (C=O) groups excluding carboxylic acids is 1. The largest absolute Gasteiger partial charge is 0.376 e. The Morgan fingerprint density at radius 3 is 3.11 bits per heavy atom. The van der Waals surface area contributed by atoms with Crippen molar-refractivity contribution in [2.75, 3.05) is 20.2 Å². The van der Waals surface area contributed by atoms with E-state index in [9.17, 15) is 4.79 Å². The van der Waals surface area contributed by atoms with Crippen LogP contribution in [0.15, 0.2) is 11.4 Å². The summed E-state index contributed by atoms with van der Waals surface area (Å²) in [5.41, 5.74) is 6.02. The minimum Gasteiger partial charge on any atom is -0.376 e. The minimum atomic E-state index is 0.0272. The van der Waals surface area contributed by atoms with Gasteiger partial charge in [-0.1, -0.05) is 11.8 Å². The fourth-order valence-corrected chi connectivity index (χ4v) is 2.98. The first-order chi connectivity index (χ1) is 9.13. The molecule has 5 heteroatoms. The second-order valence-electron chi connectivity index (χ2n) is 4.55. The molecule has 2 atom stereocenters. The molecule has 1 aromatic heterocycles. The zero-order chi connectivity index (χ0) is 13.8. The van der Waals surface area contributed by atoms with Gasteiger partial charge in [0.15, 0.2) is 0 Å². The molecule has 2 N–H and O–H groups in total. The highest BCUT2D eigenvalue weighted by Crippen LogP contribution is 2.22. The van der Waals surface area contributed by atoms with Gasteiger partial charge in [0.05, 0.1) is 29.1 Å². The molecule has 0 spiro atoms. The Morgan fingerprint density at radius 2 is 2.47 bits per heavy atom. The number of carbonyl (C=O) groups is 1. The van der Waals surface area contributed by atoms with Crippen molar-refractivity contribution in [3.05, 3.63) is 21.9 Å². The van der Waals surface area contributed by atoms with E-state index in [-0.39, 0.29) is 18.1 Å². The lowest BCUT2D eigenvalue weighted by Crippen LogP contribution is -2.40. The Labute approximate surface area is 117 Å². The van der Waals surface area contributed by atoms with Gasteiger partial charge in [-0.3, -0.25) is 4.79 Å². The van der Waals surface area contributed by atoms with Crippen LogP contribution in [-0.4, -0.2) is 43.2 Å². The Morgan fingerprint density at radius 1 is 1.68 bits per heavy atom. The molecule has 0 aliphatic carbocycles. The third-order valence-electron chi connectivity index (χ3n) is 3.31. The third kappa shape index (κ3) is 3.16. The Kier molecular flexibility index (Phi) is 4.59. The van der Waals surface area contributed by atoms with E-state index >= 15 is 0 Å². The van der Waals surface area contributed by atoms with E-state index in [2.05, 4.69) is 11.8 Å². The first-order valence-corrected chi connectivity index (χ1v) is 7.17. The van der Waals surface area contributed by atoms with Crippen LogP contribution in [0.2, 0.25) is 0 Å². The van der Waals surface area contributed by atoms with Gasteiger partial charge in [0.2, 0.25) is 0 Å². The molecule has 0 radical (unpaired) electrons. The molecule has 0 aromatic carbocycles. The van der Waals surface area contributed by atoms with E-state index in [1.54, 1.807) is 4.90 Å². The Balaban J connectivity index is 2.08. The number of nitrogens with zero attached hydrogens (tertiary/aromatic N) is 1. The van der Waals surface area contributed by atoms with Crippen LogP contribution in [0.25, 0.3) is 0 Å². The van der Waals surface area contributed by atoms with Crippen LogP contribution in [0.5, 0.6) is 0 Å². The van der Waals surface area contributed by atoms with Crippen LogP contribution >= 0.6 is 11.3 Å². The van der Waals surface area contributed by atoms with Crippen molar-refractivity contribution >= 4 is 17.2 Å². The average Bonchev–Trinajstić information content (AvgIpc) is 3.03. The fourth-order valence-electron chi connectivity index (χ4n) is 2.24. The fraction of sp³-hybridized carbons (Fsp3) is 0.500. The van der Waals surface area contributed by atoms with Crippen molar-refractivity contribution in [3.63, 3.8) is 0 Å². The summed E-state index contributed by atoms with van der Waals surface area (Å²) in [7, 11) is 1.83. The molecule has 0 saturated carbocycles. The van der Waals surface area contributed by atoms with E-state index in [1.165, 1.54) is 11.3 Å². The summed E-state index contributed by atoms with van der Waals surface area (Å²) in [5, 5.41) is 1.85. The van der Waals surface area contributed by atoms with Gasteiger partial charge in [-0.15, -0.1) is 11.3 Å². The van der Waals surface area contributed by atoms with Gasteiger partial charge >= 0.3 is 0 Å². The van der Waals surface area contributed by atoms with Crippen molar-refractivity contribution in [2.45, 2.75) is 25.5 Å². The Hall–Kier alpha value is -1.35. The third-order valence-corrected chi connectivity index (χ3v) is 4.16. The van der Waals surface area contributed by atoms with Gasteiger partial charge in [-0.2, -0.15) is 0 Å². The lowest BCUT2D eigenvalue weighted by molar-refractivity contribution is 0.0575. The first kappa shape index (κ1) is 14.1. The molecular weight excluding hydrogens is 260 g/mol. The normalized spacial score (nSPS) is 21.8. The smallest absolute Gasteiger partial charge is 0.254 e. The number of rotatable bonds is 2. The van der Waals surface area contributed by atoms with Crippen molar-refractivity contribution < 1.29 is 9.53 Å². The highest BCUT2D eigenvalue weighted by Gasteiger charge is 2.31. The lowest BCUT2D eigenvalue weighted by atomic mass is 10.1. The first-order valence-electron chi connectivity index (χ1n) is 6.29. The molecule has 2 rings (SSSR count). The van der Waals surface area contributed by atoms with E-state index in [1.807, 2.05) is 25.4 Å². The molecule has 1 aliphatic heterocycles. The van der Waals surface area contributed by atoms with Crippen molar-refractivity contribution in [3.8, 4) is 11.8 Å². The second-order valence-corrected chi connectivity index (χ2v) is 5.46. The SMILES string of the molecule is CC1OCCC1N(C)C(=O)c1csc(C#CCN)c1. The van der Waals surface area contributed by atoms with Crippen LogP contribution < -0.4 is 5.73 Å². The maximum Gasteiger partial charge on any atom is 0.254 e. The standard InChI is InChI=1S/C14H18N2O2S/c1-10-13(5-7-18-10)16(2)14(17)11-8-12(19-9-11)4-3-6-15/h8-10,13H,5-7,15H2,1-2H3. The van der Waals surface area contributed by atoms with Gasteiger partial charge in [0.1, 0.15) is 0 Å².